The molecule has 0 aromatic carbocycles. The fourth-order valence-corrected chi connectivity index (χ4v) is 3.85. The first kappa shape index (κ1) is 27.5. The minimum Gasteiger partial charge on any atom is -0.455 e. The van der Waals surface area contributed by atoms with Gasteiger partial charge in [0.2, 0.25) is 0 Å². The van der Waals surface area contributed by atoms with E-state index in [1.807, 2.05) is 13.8 Å². The Bertz CT molecular complexity index is 747. The maximum atomic E-state index is 12.3. The average molecular weight is 449 g/mol. The number of carbonyl (C=O) groups excluding carboxylic acids is 3. The van der Waals surface area contributed by atoms with Crippen LogP contribution < -0.4 is 0 Å². The number of rotatable bonds is 13. The van der Waals surface area contributed by atoms with Crippen LogP contribution in [0.4, 0.5) is 0 Å². The Kier molecular flexibility index (Phi) is 12.5. The lowest BCUT2D eigenvalue weighted by Crippen LogP contribution is -2.41. The van der Waals surface area contributed by atoms with Gasteiger partial charge in [0.25, 0.3) is 0 Å². The summed E-state index contributed by atoms with van der Waals surface area (Å²) < 4.78 is 11.0. The van der Waals surface area contributed by atoms with Crippen molar-refractivity contribution in [2.75, 3.05) is 13.2 Å². The van der Waals surface area contributed by atoms with E-state index in [2.05, 4.69) is 6.92 Å². The summed E-state index contributed by atoms with van der Waals surface area (Å²) in [5, 5.41) is 18.3. The summed E-state index contributed by atoms with van der Waals surface area (Å²) in [6, 6.07) is 0. The van der Waals surface area contributed by atoms with Crippen molar-refractivity contribution >= 4 is 18.2 Å². The third-order valence-electron chi connectivity index (χ3n) is 5.32. The number of esters is 2. The summed E-state index contributed by atoms with van der Waals surface area (Å²) in [5.74, 6) is -1.02. The molecule has 1 aliphatic rings. The first-order chi connectivity index (χ1) is 15.2. The number of ether oxygens (including phenoxy) is 2. The zero-order valence-electron chi connectivity index (χ0n) is 19.4. The van der Waals surface area contributed by atoms with Crippen LogP contribution in [0.1, 0.15) is 47.0 Å². The molecule has 1 aliphatic heterocycles. The van der Waals surface area contributed by atoms with E-state index in [-0.39, 0.29) is 31.0 Å². The van der Waals surface area contributed by atoms with E-state index in [0.29, 0.717) is 6.42 Å². The molecule has 1 rings (SSSR count). The standard InChI is InChI=1S/C25H36O7/c1-17(15-21(16-28)10-12-27)5-7-23(29)31-22-6-8-24(30)32-25(22)20(4)14-19(3)13-18(2)9-11-26/h5-9,11,15,19-22,25,27-28H,10,12-14,16H2,1-4H3/b7-5+,17-15+,18-9+/t19-,20-,21-,22+,25+/m0/s1. The maximum Gasteiger partial charge on any atom is 0.331 e. The van der Waals surface area contributed by atoms with E-state index < -0.39 is 24.1 Å². The van der Waals surface area contributed by atoms with Gasteiger partial charge in [-0.25, -0.2) is 9.59 Å². The number of allylic oxidation sites excluding steroid dienone is 4. The molecule has 7 heteroatoms. The van der Waals surface area contributed by atoms with Crippen LogP contribution in [-0.4, -0.2) is 53.9 Å². The predicted molar refractivity (Wildman–Crippen MR) is 121 cm³/mol. The summed E-state index contributed by atoms with van der Waals surface area (Å²) in [4.78, 5) is 34.8. The number of cyclic esters (lactones) is 1. The predicted octanol–water partition coefficient (Wildman–Crippen LogP) is 3.07. The third-order valence-corrected chi connectivity index (χ3v) is 5.32. The smallest absolute Gasteiger partial charge is 0.331 e. The van der Waals surface area contributed by atoms with Gasteiger partial charge < -0.3 is 19.7 Å². The molecule has 0 saturated carbocycles. The van der Waals surface area contributed by atoms with Crippen LogP contribution in [0, 0.1) is 17.8 Å². The monoisotopic (exact) mass is 448 g/mol. The van der Waals surface area contributed by atoms with Gasteiger partial charge in [0.15, 0.2) is 6.10 Å². The van der Waals surface area contributed by atoms with Gasteiger partial charge >= 0.3 is 11.9 Å². The molecule has 0 fully saturated rings. The van der Waals surface area contributed by atoms with Crippen molar-refractivity contribution in [1.82, 2.24) is 0 Å². The number of aliphatic hydroxyl groups excluding tert-OH is 2. The highest BCUT2D eigenvalue weighted by atomic mass is 16.6. The van der Waals surface area contributed by atoms with Crippen molar-refractivity contribution in [3.05, 3.63) is 47.6 Å². The van der Waals surface area contributed by atoms with Gasteiger partial charge in [-0.15, -0.1) is 0 Å². The molecule has 1 heterocycles. The van der Waals surface area contributed by atoms with Gasteiger partial charge in [0.05, 0.1) is 0 Å². The Morgan fingerprint density at radius 1 is 1.25 bits per heavy atom. The van der Waals surface area contributed by atoms with E-state index >= 15 is 0 Å². The zero-order valence-corrected chi connectivity index (χ0v) is 19.4. The number of aldehydes is 1. The highest BCUT2D eigenvalue weighted by Gasteiger charge is 2.34. The quantitative estimate of drug-likeness (QED) is 0.193. The molecule has 178 valence electrons. The summed E-state index contributed by atoms with van der Waals surface area (Å²) in [5.41, 5.74) is 1.75. The van der Waals surface area contributed by atoms with E-state index in [1.165, 1.54) is 12.2 Å². The Hall–Kier alpha value is -2.51. The molecule has 2 N–H and O–H groups in total. The molecule has 7 nitrogen and oxygen atoms in total. The fraction of sp³-hybridized carbons (Fsp3) is 0.560. The van der Waals surface area contributed by atoms with Gasteiger partial charge in [0, 0.05) is 31.3 Å². The van der Waals surface area contributed by atoms with Crippen molar-refractivity contribution in [3.8, 4) is 0 Å². The number of aliphatic hydroxyl groups is 2. The number of hydrogen-bond donors (Lipinski definition) is 2. The average Bonchev–Trinajstić information content (AvgIpc) is 2.73. The first-order valence-electron chi connectivity index (χ1n) is 11.0. The molecule has 32 heavy (non-hydrogen) atoms. The molecule has 0 bridgehead atoms. The highest BCUT2D eigenvalue weighted by molar-refractivity contribution is 5.85. The normalized spacial score (nSPS) is 22.4. The molecule has 5 atom stereocenters. The van der Waals surface area contributed by atoms with Crippen LogP contribution in [0.3, 0.4) is 0 Å². The minimum atomic E-state index is -0.692. The lowest BCUT2D eigenvalue weighted by molar-refractivity contribution is -0.164. The number of hydrogen-bond acceptors (Lipinski definition) is 7. The second-order valence-electron chi connectivity index (χ2n) is 8.53. The van der Waals surface area contributed by atoms with E-state index in [1.54, 1.807) is 31.2 Å². The molecule has 0 aromatic rings. The summed E-state index contributed by atoms with van der Waals surface area (Å²) in [6.45, 7) is 7.59. The van der Waals surface area contributed by atoms with Crippen molar-refractivity contribution in [1.29, 1.82) is 0 Å². The Morgan fingerprint density at radius 3 is 2.59 bits per heavy atom. The van der Waals surface area contributed by atoms with Gasteiger partial charge in [-0.05, 0) is 57.1 Å². The molecular formula is C25H36O7. The Balaban J connectivity index is 2.77. The van der Waals surface area contributed by atoms with Crippen molar-refractivity contribution in [2.45, 2.75) is 59.2 Å². The lowest BCUT2D eigenvalue weighted by atomic mass is 9.86. The highest BCUT2D eigenvalue weighted by Crippen LogP contribution is 2.27. The van der Waals surface area contributed by atoms with Crippen LogP contribution in [0.15, 0.2) is 47.6 Å². The first-order valence-corrected chi connectivity index (χ1v) is 11.0. The van der Waals surface area contributed by atoms with Gasteiger partial charge in [0.1, 0.15) is 12.4 Å². The second kappa shape index (κ2) is 14.5. The summed E-state index contributed by atoms with van der Waals surface area (Å²) in [6.07, 6.45) is 10.4. The van der Waals surface area contributed by atoms with Gasteiger partial charge in [-0.2, -0.15) is 0 Å². The molecule has 0 aliphatic carbocycles. The van der Waals surface area contributed by atoms with Crippen LogP contribution in [0.25, 0.3) is 0 Å². The molecular weight excluding hydrogens is 412 g/mol. The molecule has 0 amide bonds. The topological polar surface area (TPSA) is 110 Å². The second-order valence-corrected chi connectivity index (χ2v) is 8.53. The Labute approximate surface area is 190 Å². The van der Waals surface area contributed by atoms with Gasteiger partial charge in [-0.1, -0.05) is 37.1 Å². The van der Waals surface area contributed by atoms with Crippen LogP contribution in [0.5, 0.6) is 0 Å². The molecule has 0 unspecified atom stereocenters. The molecule has 0 radical (unpaired) electrons. The van der Waals surface area contributed by atoms with E-state index in [0.717, 1.165) is 30.3 Å². The van der Waals surface area contributed by atoms with Gasteiger partial charge in [-0.3, -0.25) is 4.79 Å². The van der Waals surface area contributed by atoms with Crippen LogP contribution in [0.2, 0.25) is 0 Å². The molecule has 0 saturated heterocycles. The van der Waals surface area contributed by atoms with Crippen LogP contribution in [-0.2, 0) is 23.9 Å². The van der Waals surface area contributed by atoms with Crippen LogP contribution >= 0.6 is 0 Å². The summed E-state index contributed by atoms with van der Waals surface area (Å²) in [7, 11) is 0. The molecule has 0 spiro atoms. The third kappa shape index (κ3) is 10.2. The van der Waals surface area contributed by atoms with Crippen molar-refractivity contribution in [2.24, 2.45) is 17.8 Å². The number of carbonyl (C=O) groups is 3. The molecule has 0 aromatic heterocycles. The largest absolute Gasteiger partial charge is 0.455 e. The Morgan fingerprint density at radius 2 is 1.97 bits per heavy atom. The maximum absolute atomic E-state index is 12.3. The summed E-state index contributed by atoms with van der Waals surface area (Å²) >= 11 is 0. The van der Waals surface area contributed by atoms with Crippen molar-refractivity contribution in [3.63, 3.8) is 0 Å². The minimum absolute atomic E-state index is 0.0291. The van der Waals surface area contributed by atoms with E-state index in [4.69, 9.17) is 14.6 Å². The van der Waals surface area contributed by atoms with Crippen molar-refractivity contribution < 1.29 is 34.1 Å². The van der Waals surface area contributed by atoms with E-state index in [9.17, 15) is 19.5 Å². The zero-order chi connectivity index (χ0) is 24.1. The lowest BCUT2D eigenvalue weighted by Gasteiger charge is -2.32. The fourth-order valence-electron chi connectivity index (χ4n) is 3.85. The SMILES string of the molecule is CC(/C=C/C(=O)O[C@@H]1C=CC(=O)O[C@@H]1[C@@H](C)C[C@@H](C)C/C(C)=C/C=O)=C\[C@@H](CO)CCO.